The van der Waals surface area contributed by atoms with Crippen LogP contribution < -0.4 is 27.0 Å². The molecule has 16 heteroatoms. The molecule has 1 fully saturated rings. The Kier molecular flexibility index (Phi) is 15.2. The van der Waals surface area contributed by atoms with Crippen molar-refractivity contribution in [2.24, 2.45) is 23.5 Å². The Balaban J connectivity index is 1.85. The molecule has 7 N–H and O–H groups in total. The minimum Gasteiger partial charge on any atom is -0.347 e. The van der Waals surface area contributed by atoms with E-state index in [9.17, 15) is 24.0 Å². The fraction of sp³-hybridized carbons (Fsp3) is 0.697. The number of carbonyl (C=O) groups is 5. The van der Waals surface area contributed by atoms with Crippen molar-refractivity contribution in [2.45, 2.75) is 129 Å². The van der Waals surface area contributed by atoms with Gasteiger partial charge in [-0.25, -0.2) is 4.98 Å². The van der Waals surface area contributed by atoms with Crippen molar-refractivity contribution in [1.29, 1.82) is 0 Å². The van der Waals surface area contributed by atoms with E-state index in [-0.39, 0.29) is 42.2 Å². The van der Waals surface area contributed by atoms with Crippen molar-refractivity contribution in [3.05, 3.63) is 30.1 Å². The monoisotopic (exact) mass is 683 g/mol. The van der Waals surface area contributed by atoms with E-state index < -0.39 is 53.1 Å². The van der Waals surface area contributed by atoms with Gasteiger partial charge in [0.2, 0.25) is 17.7 Å². The first kappa shape index (κ1) is 39.1. The van der Waals surface area contributed by atoms with Gasteiger partial charge in [-0.15, -0.1) is 10.2 Å². The van der Waals surface area contributed by atoms with Crippen LogP contribution in [0.25, 0.3) is 0 Å². The van der Waals surface area contributed by atoms with Crippen molar-refractivity contribution in [1.82, 2.24) is 51.9 Å². The molecule has 0 spiro atoms. The zero-order valence-corrected chi connectivity index (χ0v) is 29.3. The standard InChI is InChI=1S/C33H53N11O5/c1-6-13-33(34,32(49)37-19-26-41-43-44-42-26)28(45)23(17-22-11-9-8-10-12-22)38-31(48)27(21(5)7-2)40-29(46)24(16-20(3)4)39-30(47)25-18-35-14-15-36-25/h14-15,18,20-24,27H,6-13,16-17,19,34H2,1-5H3,(H,37,49)(H,38,48)(H,39,47)(H,40,46)(H,41,42,43,44)/t21?,23-,24-,27-,33?/m0/s1. The fourth-order valence-corrected chi connectivity index (χ4v) is 6.18. The molecule has 0 aromatic carbocycles. The van der Waals surface area contributed by atoms with Crippen molar-refractivity contribution in [3.63, 3.8) is 0 Å². The molecule has 2 aromatic heterocycles. The second-order valence-electron chi connectivity index (χ2n) is 13.5. The third-order valence-electron chi connectivity index (χ3n) is 9.13. The van der Waals surface area contributed by atoms with Crippen LogP contribution in [0.4, 0.5) is 0 Å². The zero-order chi connectivity index (χ0) is 36.0. The highest BCUT2D eigenvalue weighted by Crippen LogP contribution is 2.29. The molecule has 5 atom stereocenters. The van der Waals surface area contributed by atoms with E-state index in [2.05, 4.69) is 51.9 Å². The third kappa shape index (κ3) is 11.4. The molecule has 0 radical (unpaired) electrons. The molecule has 4 amide bonds. The van der Waals surface area contributed by atoms with Crippen LogP contribution >= 0.6 is 0 Å². The number of H-pyrrole nitrogens is 1. The van der Waals surface area contributed by atoms with Gasteiger partial charge in [0, 0.05) is 12.4 Å². The van der Waals surface area contributed by atoms with E-state index in [0.29, 0.717) is 25.7 Å². The molecule has 270 valence electrons. The molecule has 16 nitrogen and oxygen atoms in total. The summed E-state index contributed by atoms with van der Waals surface area (Å²) in [5, 5.41) is 24.6. The van der Waals surface area contributed by atoms with Gasteiger partial charge < -0.3 is 27.0 Å². The van der Waals surface area contributed by atoms with Gasteiger partial charge in [-0.2, -0.15) is 5.21 Å². The first-order valence-corrected chi connectivity index (χ1v) is 17.4. The Morgan fingerprint density at radius 3 is 2.31 bits per heavy atom. The van der Waals surface area contributed by atoms with Crippen LogP contribution in [0.15, 0.2) is 18.6 Å². The molecule has 1 aliphatic rings. The van der Waals surface area contributed by atoms with Crippen LogP contribution in [-0.4, -0.2) is 83.7 Å². The number of tetrazole rings is 1. The Morgan fingerprint density at radius 2 is 1.71 bits per heavy atom. The van der Waals surface area contributed by atoms with Crippen molar-refractivity contribution in [2.75, 3.05) is 0 Å². The van der Waals surface area contributed by atoms with E-state index in [0.717, 1.165) is 32.1 Å². The van der Waals surface area contributed by atoms with E-state index >= 15 is 0 Å². The van der Waals surface area contributed by atoms with Crippen LogP contribution in [0.1, 0.15) is 115 Å². The smallest absolute Gasteiger partial charge is 0.272 e. The van der Waals surface area contributed by atoms with Gasteiger partial charge in [-0.05, 0) is 37.0 Å². The summed E-state index contributed by atoms with van der Waals surface area (Å²) in [6, 6.07) is -3.07. The van der Waals surface area contributed by atoms with Gasteiger partial charge >= 0.3 is 0 Å². The highest BCUT2D eigenvalue weighted by Gasteiger charge is 2.46. The van der Waals surface area contributed by atoms with Crippen molar-refractivity contribution >= 4 is 29.4 Å². The van der Waals surface area contributed by atoms with Crippen molar-refractivity contribution in [3.8, 4) is 0 Å². The predicted molar refractivity (Wildman–Crippen MR) is 180 cm³/mol. The average molecular weight is 684 g/mol. The Labute approximate surface area is 287 Å². The van der Waals surface area contributed by atoms with E-state index in [1.165, 1.54) is 18.6 Å². The second kappa shape index (κ2) is 19.0. The van der Waals surface area contributed by atoms with E-state index in [1.807, 2.05) is 34.6 Å². The van der Waals surface area contributed by atoms with Crippen molar-refractivity contribution < 1.29 is 24.0 Å². The van der Waals surface area contributed by atoms with Crippen LogP contribution in [0, 0.1) is 17.8 Å². The third-order valence-corrected chi connectivity index (χ3v) is 9.13. The quantitative estimate of drug-likeness (QED) is 0.116. The minimum atomic E-state index is -1.94. The highest BCUT2D eigenvalue weighted by atomic mass is 16.2. The number of hydrogen-bond donors (Lipinski definition) is 6. The molecule has 2 heterocycles. The number of aromatic amines is 1. The summed E-state index contributed by atoms with van der Waals surface area (Å²) >= 11 is 0. The summed E-state index contributed by atoms with van der Waals surface area (Å²) in [4.78, 5) is 76.5. The van der Waals surface area contributed by atoms with Crippen LogP contribution in [0.3, 0.4) is 0 Å². The summed E-state index contributed by atoms with van der Waals surface area (Å²) in [5.41, 5.74) is 4.76. The maximum absolute atomic E-state index is 14.3. The predicted octanol–water partition coefficient (Wildman–Crippen LogP) is 1.50. The summed E-state index contributed by atoms with van der Waals surface area (Å²) in [7, 11) is 0. The Morgan fingerprint density at radius 1 is 0.980 bits per heavy atom. The number of rotatable bonds is 19. The number of carbonyl (C=O) groups excluding carboxylic acids is 5. The van der Waals surface area contributed by atoms with Gasteiger partial charge in [0.05, 0.1) is 18.8 Å². The number of ketones is 1. The van der Waals surface area contributed by atoms with Crippen LogP contribution in [-0.2, 0) is 25.7 Å². The topological polar surface area (TPSA) is 240 Å². The maximum Gasteiger partial charge on any atom is 0.272 e. The molecule has 1 saturated carbocycles. The first-order valence-electron chi connectivity index (χ1n) is 17.4. The fourth-order valence-electron chi connectivity index (χ4n) is 6.18. The minimum absolute atomic E-state index is 0.0359. The Bertz CT molecular complexity index is 1370. The molecule has 0 bridgehead atoms. The van der Waals surface area contributed by atoms with Gasteiger partial charge in [0.25, 0.3) is 5.91 Å². The summed E-state index contributed by atoms with van der Waals surface area (Å²) in [6.45, 7) is 9.29. The van der Waals surface area contributed by atoms with Crippen LogP contribution in [0.2, 0.25) is 0 Å². The van der Waals surface area contributed by atoms with Gasteiger partial charge in [-0.1, -0.05) is 84.8 Å². The zero-order valence-electron chi connectivity index (χ0n) is 29.3. The van der Waals surface area contributed by atoms with Gasteiger partial charge in [0.1, 0.15) is 17.8 Å². The molecular formula is C33H53N11O5. The summed E-state index contributed by atoms with van der Waals surface area (Å²) in [6.07, 6.45) is 10.7. The largest absolute Gasteiger partial charge is 0.347 e. The molecule has 0 aliphatic heterocycles. The van der Waals surface area contributed by atoms with E-state index in [4.69, 9.17) is 5.73 Å². The lowest BCUT2D eigenvalue weighted by Crippen LogP contribution is -2.66. The molecule has 0 saturated heterocycles. The normalized spacial score (nSPS) is 17.2. The van der Waals surface area contributed by atoms with Gasteiger partial charge in [0.15, 0.2) is 17.1 Å². The molecule has 3 rings (SSSR count). The maximum atomic E-state index is 14.3. The lowest BCUT2D eigenvalue weighted by Gasteiger charge is -2.34. The van der Waals surface area contributed by atoms with E-state index in [1.54, 1.807) is 0 Å². The number of amides is 4. The second-order valence-corrected chi connectivity index (χ2v) is 13.5. The lowest BCUT2D eigenvalue weighted by atomic mass is 9.78. The molecule has 1 aliphatic carbocycles. The van der Waals surface area contributed by atoms with Crippen LogP contribution in [0.5, 0.6) is 0 Å². The lowest BCUT2D eigenvalue weighted by molar-refractivity contribution is -0.140. The molecular weight excluding hydrogens is 630 g/mol. The number of Topliss-reactive ketones (excluding diaryl/α,β-unsaturated/α-hetero) is 1. The van der Waals surface area contributed by atoms with Gasteiger partial charge in [-0.3, -0.25) is 29.0 Å². The molecule has 2 unspecified atom stereocenters. The SMILES string of the molecule is CCCC(N)(C(=O)NCc1nn[nH]n1)C(=O)[C@H](CC1CCCCC1)NC(=O)[C@@H](NC(=O)[C@H](CC(C)C)NC(=O)c1cnccn1)C(C)CC. The number of nitrogens with zero attached hydrogens (tertiary/aromatic N) is 5. The first-order chi connectivity index (χ1) is 23.4. The number of nitrogens with two attached hydrogens (primary N) is 1. The number of aromatic nitrogens is 6. The number of hydrogen-bond acceptors (Lipinski definition) is 11. The molecule has 2 aromatic rings. The Hall–Kier alpha value is -4.34. The average Bonchev–Trinajstić information content (AvgIpc) is 3.62. The summed E-state index contributed by atoms with van der Waals surface area (Å²) < 4.78 is 0. The number of nitrogens with one attached hydrogen (secondary N) is 5. The highest BCUT2D eigenvalue weighted by molar-refractivity contribution is 6.13. The summed E-state index contributed by atoms with van der Waals surface area (Å²) in [5.74, 6) is -2.88. The molecule has 49 heavy (non-hydrogen) atoms.